The molecule has 16 heavy (non-hydrogen) atoms. The number of likely N-dealkylation sites (tertiary alicyclic amines) is 1. The summed E-state index contributed by atoms with van der Waals surface area (Å²) < 4.78 is 0.310. The molecule has 1 aliphatic carbocycles. The SMILES string of the molecule is CSC1(CNC2CC(=O)N(C)C2=O)CCC1. The first-order valence-corrected chi connectivity index (χ1v) is 6.89. The molecule has 1 saturated carbocycles. The third-order valence-electron chi connectivity index (χ3n) is 3.75. The van der Waals surface area contributed by atoms with Crippen LogP contribution in [0.3, 0.4) is 0 Å². The Hall–Kier alpha value is -0.550. The average Bonchev–Trinajstić information content (AvgIpc) is 2.45. The van der Waals surface area contributed by atoms with E-state index in [0.29, 0.717) is 11.2 Å². The molecule has 2 rings (SSSR count). The number of rotatable bonds is 4. The number of amides is 2. The Kier molecular flexibility index (Phi) is 3.26. The zero-order chi connectivity index (χ0) is 11.8. The molecule has 1 aliphatic heterocycles. The van der Waals surface area contributed by atoms with Crippen molar-refractivity contribution in [2.24, 2.45) is 0 Å². The number of hydrogen-bond donors (Lipinski definition) is 1. The fourth-order valence-corrected chi connectivity index (χ4v) is 3.17. The third kappa shape index (κ3) is 1.98. The van der Waals surface area contributed by atoms with Gasteiger partial charge in [-0.25, -0.2) is 0 Å². The largest absolute Gasteiger partial charge is 0.304 e. The van der Waals surface area contributed by atoms with Crippen molar-refractivity contribution in [2.75, 3.05) is 19.8 Å². The van der Waals surface area contributed by atoms with Crippen LogP contribution in [-0.4, -0.2) is 47.4 Å². The van der Waals surface area contributed by atoms with Crippen molar-refractivity contribution in [3.05, 3.63) is 0 Å². The molecular formula is C11H18N2O2S. The lowest BCUT2D eigenvalue weighted by Gasteiger charge is -2.41. The molecule has 0 aromatic rings. The van der Waals surface area contributed by atoms with Gasteiger partial charge in [-0.2, -0.15) is 11.8 Å². The van der Waals surface area contributed by atoms with E-state index in [2.05, 4.69) is 11.6 Å². The van der Waals surface area contributed by atoms with Crippen LogP contribution in [0.5, 0.6) is 0 Å². The first-order chi connectivity index (χ1) is 7.58. The molecule has 2 amide bonds. The number of thioether (sulfide) groups is 1. The molecule has 90 valence electrons. The molecule has 1 atom stereocenters. The predicted octanol–water partition coefficient (Wildman–Crippen LogP) is 0.619. The first-order valence-electron chi connectivity index (χ1n) is 5.67. The molecule has 1 heterocycles. The van der Waals surface area contributed by atoms with Crippen LogP contribution < -0.4 is 5.32 Å². The molecule has 1 saturated heterocycles. The summed E-state index contributed by atoms with van der Waals surface area (Å²) in [4.78, 5) is 24.2. The Morgan fingerprint density at radius 3 is 2.56 bits per heavy atom. The van der Waals surface area contributed by atoms with Gasteiger partial charge < -0.3 is 5.32 Å². The number of carbonyl (C=O) groups excluding carboxylic acids is 2. The van der Waals surface area contributed by atoms with E-state index in [0.717, 1.165) is 6.54 Å². The predicted molar refractivity (Wildman–Crippen MR) is 64.3 cm³/mol. The lowest BCUT2D eigenvalue weighted by atomic mass is 9.84. The van der Waals surface area contributed by atoms with Crippen molar-refractivity contribution < 1.29 is 9.59 Å². The van der Waals surface area contributed by atoms with Crippen LogP contribution in [0.2, 0.25) is 0 Å². The number of nitrogens with one attached hydrogen (secondary N) is 1. The summed E-state index contributed by atoms with van der Waals surface area (Å²) in [5.74, 6) is -0.158. The Balaban J connectivity index is 1.87. The Labute approximate surface area is 100 Å². The second-order valence-corrected chi connectivity index (χ2v) is 5.94. The second-order valence-electron chi connectivity index (χ2n) is 4.67. The van der Waals surface area contributed by atoms with Crippen LogP contribution >= 0.6 is 11.8 Å². The van der Waals surface area contributed by atoms with Gasteiger partial charge in [0.05, 0.1) is 12.5 Å². The molecule has 0 aromatic carbocycles. The van der Waals surface area contributed by atoms with E-state index in [9.17, 15) is 9.59 Å². The third-order valence-corrected chi connectivity index (χ3v) is 5.17. The zero-order valence-corrected chi connectivity index (χ0v) is 10.6. The van der Waals surface area contributed by atoms with E-state index >= 15 is 0 Å². The maximum atomic E-state index is 11.7. The summed E-state index contributed by atoms with van der Waals surface area (Å²) in [6, 6.07) is -0.290. The summed E-state index contributed by atoms with van der Waals surface area (Å²) >= 11 is 1.87. The molecule has 0 bridgehead atoms. The van der Waals surface area contributed by atoms with E-state index in [-0.39, 0.29) is 17.9 Å². The van der Waals surface area contributed by atoms with E-state index in [1.165, 1.54) is 24.2 Å². The van der Waals surface area contributed by atoms with Gasteiger partial charge in [-0.05, 0) is 19.1 Å². The normalized spacial score (nSPS) is 28.4. The smallest absolute Gasteiger partial charge is 0.246 e. The van der Waals surface area contributed by atoms with Crippen molar-refractivity contribution in [3.8, 4) is 0 Å². The van der Waals surface area contributed by atoms with Crippen molar-refractivity contribution in [1.82, 2.24) is 10.2 Å². The topological polar surface area (TPSA) is 49.4 Å². The van der Waals surface area contributed by atoms with E-state index in [1.54, 1.807) is 7.05 Å². The van der Waals surface area contributed by atoms with Crippen molar-refractivity contribution >= 4 is 23.6 Å². The van der Waals surface area contributed by atoms with Gasteiger partial charge in [0.1, 0.15) is 0 Å². The van der Waals surface area contributed by atoms with Crippen molar-refractivity contribution in [2.45, 2.75) is 36.5 Å². The summed E-state index contributed by atoms with van der Waals surface area (Å²) in [6.45, 7) is 0.839. The quantitative estimate of drug-likeness (QED) is 0.734. The van der Waals surface area contributed by atoms with Crippen LogP contribution in [0.25, 0.3) is 0 Å². The summed E-state index contributed by atoms with van der Waals surface area (Å²) in [5, 5.41) is 3.25. The molecule has 5 heteroatoms. The minimum atomic E-state index is -0.290. The fraction of sp³-hybridized carbons (Fsp3) is 0.818. The van der Waals surface area contributed by atoms with Crippen molar-refractivity contribution in [3.63, 3.8) is 0 Å². The molecule has 2 fully saturated rings. The monoisotopic (exact) mass is 242 g/mol. The lowest BCUT2D eigenvalue weighted by molar-refractivity contribution is -0.137. The molecule has 1 N–H and O–H groups in total. The van der Waals surface area contributed by atoms with Gasteiger partial charge in [-0.15, -0.1) is 0 Å². The summed E-state index contributed by atoms with van der Waals surface area (Å²) in [6.07, 6.45) is 6.14. The highest BCUT2D eigenvalue weighted by Crippen LogP contribution is 2.42. The molecule has 2 aliphatic rings. The molecule has 0 aromatic heterocycles. The number of carbonyl (C=O) groups is 2. The van der Waals surface area contributed by atoms with E-state index in [4.69, 9.17) is 0 Å². The highest BCUT2D eigenvalue weighted by Gasteiger charge is 2.40. The van der Waals surface area contributed by atoms with Crippen LogP contribution in [0.15, 0.2) is 0 Å². The number of imide groups is 1. The van der Waals surface area contributed by atoms with Gasteiger partial charge in [0, 0.05) is 18.3 Å². The van der Waals surface area contributed by atoms with Gasteiger partial charge in [0.2, 0.25) is 11.8 Å². The van der Waals surface area contributed by atoms with Crippen LogP contribution in [-0.2, 0) is 9.59 Å². The highest BCUT2D eigenvalue weighted by molar-refractivity contribution is 8.00. The van der Waals surface area contributed by atoms with Crippen LogP contribution in [0.1, 0.15) is 25.7 Å². The summed E-state index contributed by atoms with van der Waals surface area (Å²) in [5.41, 5.74) is 0. The van der Waals surface area contributed by atoms with Gasteiger partial charge in [-0.1, -0.05) is 6.42 Å². The maximum absolute atomic E-state index is 11.7. The Bertz CT molecular complexity index is 310. The van der Waals surface area contributed by atoms with Gasteiger partial charge in [0.15, 0.2) is 0 Å². The Morgan fingerprint density at radius 1 is 1.50 bits per heavy atom. The lowest BCUT2D eigenvalue weighted by Crippen LogP contribution is -2.48. The van der Waals surface area contributed by atoms with Gasteiger partial charge in [-0.3, -0.25) is 14.5 Å². The minimum absolute atomic E-state index is 0.0747. The van der Waals surface area contributed by atoms with E-state index < -0.39 is 0 Å². The van der Waals surface area contributed by atoms with Crippen LogP contribution in [0, 0.1) is 0 Å². The van der Waals surface area contributed by atoms with Gasteiger partial charge >= 0.3 is 0 Å². The standard InChI is InChI=1S/C11H18N2O2S/c1-13-9(14)6-8(10(13)15)12-7-11(16-2)4-3-5-11/h8,12H,3-7H2,1-2H3. The maximum Gasteiger partial charge on any atom is 0.246 e. The molecule has 1 unspecified atom stereocenters. The number of likely N-dealkylation sites (N-methyl/N-ethyl adjacent to an activating group) is 1. The average molecular weight is 242 g/mol. The molecule has 0 spiro atoms. The minimum Gasteiger partial charge on any atom is -0.304 e. The fourth-order valence-electron chi connectivity index (χ4n) is 2.25. The number of nitrogens with zero attached hydrogens (tertiary/aromatic N) is 1. The van der Waals surface area contributed by atoms with E-state index in [1.807, 2.05) is 11.8 Å². The summed E-state index contributed by atoms with van der Waals surface area (Å²) in [7, 11) is 1.56. The second kappa shape index (κ2) is 4.37. The van der Waals surface area contributed by atoms with Crippen LogP contribution in [0.4, 0.5) is 0 Å². The zero-order valence-electron chi connectivity index (χ0n) is 9.78. The molecular weight excluding hydrogens is 224 g/mol. The van der Waals surface area contributed by atoms with Gasteiger partial charge in [0.25, 0.3) is 0 Å². The molecule has 4 nitrogen and oxygen atoms in total. The molecule has 0 radical (unpaired) electrons. The first kappa shape index (κ1) is 11.9. The highest BCUT2D eigenvalue weighted by atomic mass is 32.2. The Morgan fingerprint density at radius 2 is 2.19 bits per heavy atom. The number of hydrogen-bond acceptors (Lipinski definition) is 4. The van der Waals surface area contributed by atoms with Crippen molar-refractivity contribution in [1.29, 1.82) is 0 Å².